The number of nitrogens with one attached hydrogen (secondary N) is 2. The van der Waals surface area contributed by atoms with Crippen LogP contribution in [0.25, 0.3) is 0 Å². The molecule has 1 aromatic rings. The first-order valence-electron chi connectivity index (χ1n) is 8.83. The maximum absolute atomic E-state index is 13.0. The van der Waals surface area contributed by atoms with Gasteiger partial charge in [0.2, 0.25) is 0 Å². The van der Waals surface area contributed by atoms with E-state index >= 15 is 0 Å². The van der Waals surface area contributed by atoms with E-state index in [1.54, 1.807) is 11.9 Å². The Labute approximate surface area is 154 Å². The predicted molar refractivity (Wildman–Crippen MR) is 91.4 cm³/mol. The molecule has 1 aromatic carbocycles. The molecule has 1 heterocycles. The number of hydrogen-bond donors (Lipinski definition) is 3. The summed E-state index contributed by atoms with van der Waals surface area (Å²) < 4.78 is 39.0. The molecule has 0 spiro atoms. The fraction of sp³-hybridized carbons (Fsp3) is 0.500. The monoisotopic (exact) mass is 383 g/mol. The van der Waals surface area contributed by atoms with Gasteiger partial charge >= 0.3 is 12.1 Å². The van der Waals surface area contributed by atoms with E-state index in [9.17, 15) is 22.8 Å². The highest BCUT2D eigenvalue weighted by Gasteiger charge is 2.41. The molecule has 9 heteroatoms. The number of halogens is 3. The second-order valence-corrected chi connectivity index (χ2v) is 6.97. The molecule has 2 aliphatic rings. The number of alkyl halides is 3. The lowest BCUT2D eigenvalue weighted by Gasteiger charge is -2.25. The SMILES string of the molecule is C[NH+]=C(N)NC(=O)CCC1c2ccc(C(F)(F)F)cc2C(=O)N1CC1CC1. The van der Waals surface area contributed by atoms with Crippen LogP contribution in [0.15, 0.2) is 18.2 Å². The highest BCUT2D eigenvalue weighted by molar-refractivity contribution is 5.99. The summed E-state index contributed by atoms with van der Waals surface area (Å²) in [6, 6.07) is 2.87. The quantitative estimate of drug-likeness (QED) is 0.512. The topological polar surface area (TPSA) is 89.4 Å². The van der Waals surface area contributed by atoms with E-state index < -0.39 is 23.7 Å². The number of guanidine groups is 1. The molecule has 146 valence electrons. The van der Waals surface area contributed by atoms with Gasteiger partial charge in [-0.25, -0.2) is 5.32 Å². The van der Waals surface area contributed by atoms with Gasteiger partial charge < -0.3 is 4.90 Å². The summed E-state index contributed by atoms with van der Waals surface area (Å²) in [5.41, 5.74) is 5.31. The van der Waals surface area contributed by atoms with Crippen molar-refractivity contribution in [2.75, 3.05) is 13.6 Å². The van der Waals surface area contributed by atoms with Gasteiger partial charge in [-0.05, 0) is 42.9 Å². The Balaban J connectivity index is 1.82. The van der Waals surface area contributed by atoms with E-state index in [0.717, 1.165) is 25.0 Å². The van der Waals surface area contributed by atoms with Crippen molar-refractivity contribution < 1.29 is 27.8 Å². The molecule has 4 N–H and O–H groups in total. The van der Waals surface area contributed by atoms with Crippen LogP contribution < -0.4 is 16.0 Å². The standard InChI is InChI=1S/C18H21F3N4O2/c1-23-17(22)24-15(26)7-6-14-12-5-4-11(18(19,20)21)8-13(12)16(27)25(14)9-10-2-3-10/h4-5,8,10,14H,2-3,6-7,9H2,1H3,(H3,22,23,24,26)/p+1. The fourth-order valence-electron chi connectivity index (χ4n) is 3.32. The van der Waals surface area contributed by atoms with E-state index in [1.165, 1.54) is 6.07 Å². The minimum Gasteiger partial charge on any atom is -0.331 e. The van der Waals surface area contributed by atoms with Crippen molar-refractivity contribution in [1.29, 1.82) is 0 Å². The van der Waals surface area contributed by atoms with Crippen LogP contribution in [0, 0.1) is 5.92 Å². The number of fused-ring (bicyclic) bond motifs is 1. The smallest absolute Gasteiger partial charge is 0.331 e. The van der Waals surface area contributed by atoms with Gasteiger partial charge in [-0.1, -0.05) is 6.07 Å². The summed E-state index contributed by atoms with van der Waals surface area (Å²) in [5.74, 6) is -0.210. The molecule has 1 atom stereocenters. The van der Waals surface area contributed by atoms with Crippen LogP contribution in [-0.4, -0.2) is 36.3 Å². The first-order valence-corrected chi connectivity index (χ1v) is 8.83. The molecule has 0 aromatic heterocycles. The summed E-state index contributed by atoms with van der Waals surface area (Å²) in [6.45, 7) is 0.506. The van der Waals surface area contributed by atoms with Crippen molar-refractivity contribution in [3.8, 4) is 0 Å². The Morgan fingerprint density at radius 3 is 2.67 bits per heavy atom. The number of carbonyl (C=O) groups is 2. The maximum atomic E-state index is 13.0. The van der Waals surface area contributed by atoms with Gasteiger partial charge in [-0.2, -0.15) is 13.2 Å². The second-order valence-electron chi connectivity index (χ2n) is 6.97. The number of nitrogens with two attached hydrogens (primary N) is 1. The molecule has 0 saturated heterocycles. The molecule has 0 bridgehead atoms. The first kappa shape index (κ1) is 19.2. The van der Waals surface area contributed by atoms with Gasteiger partial charge in [0.15, 0.2) is 0 Å². The zero-order valence-electron chi connectivity index (χ0n) is 14.9. The normalized spacial score (nSPS) is 20.0. The average molecular weight is 383 g/mol. The minimum absolute atomic E-state index is 0.0807. The first-order chi connectivity index (χ1) is 12.7. The number of rotatable bonds is 5. The lowest BCUT2D eigenvalue weighted by Crippen LogP contribution is -2.75. The van der Waals surface area contributed by atoms with Crippen molar-refractivity contribution in [2.24, 2.45) is 11.7 Å². The summed E-state index contributed by atoms with van der Waals surface area (Å²) in [4.78, 5) is 28.9. The molecule has 1 aliphatic heterocycles. The van der Waals surface area contributed by atoms with E-state index in [2.05, 4.69) is 10.3 Å². The van der Waals surface area contributed by atoms with Crippen LogP contribution in [0.4, 0.5) is 13.2 Å². The van der Waals surface area contributed by atoms with Gasteiger partial charge in [-0.3, -0.25) is 20.3 Å². The third-order valence-corrected chi connectivity index (χ3v) is 4.95. The highest BCUT2D eigenvalue weighted by Crippen LogP contribution is 2.42. The number of benzene rings is 1. The third kappa shape index (κ3) is 4.23. The Morgan fingerprint density at radius 2 is 2.07 bits per heavy atom. The molecule has 1 fully saturated rings. The van der Waals surface area contributed by atoms with Crippen LogP contribution in [0.5, 0.6) is 0 Å². The van der Waals surface area contributed by atoms with Gasteiger partial charge in [0.1, 0.15) is 0 Å². The van der Waals surface area contributed by atoms with Crippen LogP contribution >= 0.6 is 0 Å². The van der Waals surface area contributed by atoms with Crippen LogP contribution in [0.1, 0.15) is 53.2 Å². The van der Waals surface area contributed by atoms with Gasteiger partial charge in [0.25, 0.3) is 11.8 Å². The predicted octanol–water partition coefficient (Wildman–Crippen LogP) is 0.534. The molecule has 1 aliphatic carbocycles. The summed E-state index contributed by atoms with van der Waals surface area (Å²) in [6.07, 6.45) is -2.07. The van der Waals surface area contributed by atoms with Crippen LogP contribution in [0.3, 0.4) is 0 Å². The van der Waals surface area contributed by atoms with Gasteiger partial charge in [0.05, 0.1) is 18.7 Å². The number of hydrogen-bond acceptors (Lipinski definition) is 2. The Kier molecular flexibility index (Phi) is 5.12. The lowest BCUT2D eigenvalue weighted by atomic mass is 9.98. The zero-order chi connectivity index (χ0) is 19.8. The summed E-state index contributed by atoms with van der Waals surface area (Å²) in [7, 11) is 1.57. The van der Waals surface area contributed by atoms with Crippen molar-refractivity contribution in [2.45, 2.75) is 37.9 Å². The third-order valence-electron chi connectivity index (χ3n) is 4.95. The zero-order valence-corrected chi connectivity index (χ0v) is 14.9. The van der Waals surface area contributed by atoms with E-state index in [1.807, 2.05) is 0 Å². The summed E-state index contributed by atoms with van der Waals surface area (Å²) >= 11 is 0. The molecule has 2 amide bonds. The molecule has 3 rings (SSSR count). The van der Waals surface area contributed by atoms with Crippen molar-refractivity contribution in [1.82, 2.24) is 10.2 Å². The molecule has 0 radical (unpaired) electrons. The Bertz CT molecular complexity index is 787. The van der Waals surface area contributed by atoms with Crippen molar-refractivity contribution >= 4 is 17.8 Å². The van der Waals surface area contributed by atoms with Crippen LogP contribution in [0.2, 0.25) is 0 Å². The Morgan fingerprint density at radius 1 is 1.37 bits per heavy atom. The van der Waals surface area contributed by atoms with E-state index in [0.29, 0.717) is 24.4 Å². The molecule has 6 nitrogen and oxygen atoms in total. The molecule has 27 heavy (non-hydrogen) atoms. The second kappa shape index (κ2) is 7.21. The summed E-state index contributed by atoms with van der Waals surface area (Å²) in [5, 5.41) is 2.48. The molecule has 1 saturated carbocycles. The number of carbonyl (C=O) groups excluding carboxylic acids is 2. The molecular formula is C18H22F3N4O2+. The molecular weight excluding hydrogens is 361 g/mol. The van der Waals surface area contributed by atoms with Gasteiger partial charge in [0, 0.05) is 18.5 Å². The van der Waals surface area contributed by atoms with Crippen molar-refractivity contribution in [3.63, 3.8) is 0 Å². The van der Waals surface area contributed by atoms with E-state index in [4.69, 9.17) is 5.73 Å². The average Bonchev–Trinajstić information content (AvgIpc) is 3.39. The van der Waals surface area contributed by atoms with Crippen LogP contribution in [-0.2, 0) is 11.0 Å². The highest BCUT2D eigenvalue weighted by atomic mass is 19.4. The largest absolute Gasteiger partial charge is 0.416 e. The fourth-order valence-corrected chi connectivity index (χ4v) is 3.32. The maximum Gasteiger partial charge on any atom is 0.416 e. The lowest BCUT2D eigenvalue weighted by molar-refractivity contribution is -0.423. The minimum atomic E-state index is -4.50. The van der Waals surface area contributed by atoms with Gasteiger partial charge in [-0.15, -0.1) is 0 Å². The molecule has 1 unspecified atom stereocenters. The number of nitrogens with zero attached hydrogens (tertiary/aromatic N) is 1. The Hall–Kier alpha value is -2.58. The van der Waals surface area contributed by atoms with E-state index in [-0.39, 0.29) is 23.9 Å². The van der Waals surface area contributed by atoms with Crippen molar-refractivity contribution in [3.05, 3.63) is 34.9 Å². The number of amides is 2.